The van der Waals surface area contributed by atoms with Gasteiger partial charge in [0.15, 0.2) is 4.80 Å². The Labute approximate surface area is 206 Å². The van der Waals surface area contributed by atoms with Crippen LogP contribution in [0, 0.1) is 10.1 Å². The van der Waals surface area contributed by atoms with Gasteiger partial charge in [-0.1, -0.05) is 23.5 Å². The van der Waals surface area contributed by atoms with Crippen molar-refractivity contribution in [1.82, 2.24) is 4.57 Å². The molecule has 3 aromatic rings. The molecule has 0 N–H and O–H groups in total. The average Bonchev–Trinajstić information content (AvgIpc) is 3.13. The van der Waals surface area contributed by atoms with Gasteiger partial charge in [-0.15, -0.1) is 0 Å². The number of hydrogen-bond acceptors (Lipinski definition) is 8. The first-order valence-electron chi connectivity index (χ1n) is 10.7. The number of hydrogen-bond donors (Lipinski definition) is 0. The zero-order chi connectivity index (χ0) is 26.0. The smallest absolute Gasteiger partial charge is 0.387 e. The molecule has 0 fully saturated rings. The number of non-ortho nitro benzene ring substituents is 1. The number of thiazole rings is 1. The highest BCUT2D eigenvalue weighted by Crippen LogP contribution is 2.31. The lowest BCUT2D eigenvalue weighted by atomic mass is 9.96. The molecule has 12 heteroatoms. The third-order valence-corrected chi connectivity index (χ3v) is 6.32. The molecule has 9 nitrogen and oxygen atoms in total. The van der Waals surface area contributed by atoms with Gasteiger partial charge in [-0.3, -0.25) is 19.5 Å². The van der Waals surface area contributed by atoms with Crippen LogP contribution < -0.4 is 19.6 Å². The fourth-order valence-corrected chi connectivity index (χ4v) is 4.83. The van der Waals surface area contributed by atoms with Crippen LogP contribution in [-0.4, -0.2) is 28.7 Å². The topological polar surface area (TPSA) is 113 Å². The number of nitro groups is 1. The molecular weight excluding hydrogens is 496 g/mol. The van der Waals surface area contributed by atoms with E-state index in [1.54, 1.807) is 19.9 Å². The fourth-order valence-electron chi connectivity index (χ4n) is 3.78. The van der Waals surface area contributed by atoms with Crippen molar-refractivity contribution in [1.29, 1.82) is 0 Å². The van der Waals surface area contributed by atoms with Crippen molar-refractivity contribution in [2.45, 2.75) is 26.5 Å². The summed E-state index contributed by atoms with van der Waals surface area (Å²) in [5.41, 5.74) is 1.02. The van der Waals surface area contributed by atoms with E-state index >= 15 is 0 Å². The minimum absolute atomic E-state index is 0.0716. The summed E-state index contributed by atoms with van der Waals surface area (Å²) >= 11 is 1.09. The minimum atomic E-state index is -3.00. The Morgan fingerprint density at radius 1 is 1.22 bits per heavy atom. The van der Waals surface area contributed by atoms with Crippen LogP contribution in [0.2, 0.25) is 0 Å². The molecule has 4 rings (SSSR count). The molecule has 0 unspecified atom stereocenters. The van der Waals surface area contributed by atoms with E-state index in [-0.39, 0.29) is 23.6 Å². The summed E-state index contributed by atoms with van der Waals surface area (Å²) < 4.78 is 36.4. The maximum absolute atomic E-state index is 13.5. The summed E-state index contributed by atoms with van der Waals surface area (Å²) in [6.07, 6.45) is 1.58. The third kappa shape index (κ3) is 4.93. The lowest BCUT2D eigenvalue weighted by Gasteiger charge is -2.24. The highest BCUT2D eigenvalue weighted by Gasteiger charge is 2.33. The van der Waals surface area contributed by atoms with Gasteiger partial charge in [-0.25, -0.2) is 9.79 Å². The Morgan fingerprint density at radius 2 is 1.89 bits per heavy atom. The van der Waals surface area contributed by atoms with Gasteiger partial charge in [0.1, 0.15) is 5.75 Å². The number of nitrogens with zero attached hydrogens (tertiary/aromatic N) is 3. The van der Waals surface area contributed by atoms with Crippen molar-refractivity contribution in [2.24, 2.45) is 4.99 Å². The van der Waals surface area contributed by atoms with Crippen LogP contribution in [0.3, 0.4) is 0 Å². The molecule has 0 saturated carbocycles. The maximum Gasteiger partial charge on any atom is 0.387 e. The van der Waals surface area contributed by atoms with Crippen LogP contribution in [-0.2, 0) is 9.53 Å². The first kappa shape index (κ1) is 24.9. The van der Waals surface area contributed by atoms with Crippen molar-refractivity contribution in [3.05, 3.63) is 101 Å². The van der Waals surface area contributed by atoms with Crippen LogP contribution in [0.1, 0.15) is 31.0 Å². The van der Waals surface area contributed by atoms with Gasteiger partial charge in [-0.2, -0.15) is 8.78 Å². The van der Waals surface area contributed by atoms with E-state index in [1.807, 2.05) is 0 Å². The van der Waals surface area contributed by atoms with Gasteiger partial charge in [0.25, 0.3) is 11.2 Å². The summed E-state index contributed by atoms with van der Waals surface area (Å²) in [7, 11) is 0. The van der Waals surface area contributed by atoms with Gasteiger partial charge < -0.3 is 9.47 Å². The predicted octanol–water partition coefficient (Wildman–Crippen LogP) is 3.31. The molecular formula is C24H19F2N3O6S. The Balaban J connectivity index is 1.86. The van der Waals surface area contributed by atoms with E-state index in [4.69, 9.17) is 4.74 Å². The third-order valence-electron chi connectivity index (χ3n) is 5.34. The fraction of sp³-hybridized carbons (Fsp3) is 0.208. The number of alkyl halides is 2. The normalized spacial score (nSPS) is 15.5. The molecule has 0 bridgehead atoms. The monoisotopic (exact) mass is 515 g/mol. The SMILES string of the molecule is CCOC(=O)C1=C(C)N=c2s/c(=C/c3ccc([N+](=O)[O-])cc3)c(=O)n2[C@@H]1c1ccc(OC(F)F)cc1. The molecule has 1 aliphatic rings. The van der Waals surface area contributed by atoms with Crippen molar-refractivity contribution in [3.8, 4) is 5.75 Å². The Hall–Kier alpha value is -4.19. The van der Waals surface area contributed by atoms with E-state index in [1.165, 1.54) is 53.1 Å². The first-order chi connectivity index (χ1) is 17.2. The van der Waals surface area contributed by atoms with Gasteiger partial charge in [0.05, 0.1) is 33.4 Å². The number of halogens is 2. The number of esters is 1. The van der Waals surface area contributed by atoms with E-state index < -0.39 is 29.1 Å². The number of nitro benzene ring substituents is 1. The first-order valence-corrected chi connectivity index (χ1v) is 11.5. The van der Waals surface area contributed by atoms with Gasteiger partial charge in [0, 0.05) is 12.1 Å². The van der Waals surface area contributed by atoms with E-state index in [9.17, 15) is 28.5 Å². The Bertz CT molecular complexity index is 1530. The van der Waals surface area contributed by atoms with Gasteiger partial charge in [0.2, 0.25) is 0 Å². The van der Waals surface area contributed by atoms with Crippen LogP contribution in [0.5, 0.6) is 5.75 Å². The largest absolute Gasteiger partial charge is 0.463 e. The van der Waals surface area contributed by atoms with E-state index in [0.29, 0.717) is 26.2 Å². The standard InChI is InChI=1S/C24H19F2N3O6S/c1-3-34-22(31)19-13(2)27-24-28(20(19)15-6-10-17(11-7-15)35-23(25)26)21(30)18(36-24)12-14-4-8-16(9-5-14)29(32)33/h4-12,20,23H,3H2,1-2H3/b18-12+/t20-/m1/s1. The zero-order valence-electron chi connectivity index (χ0n) is 19.0. The van der Waals surface area contributed by atoms with Crippen LogP contribution >= 0.6 is 11.3 Å². The number of carbonyl (C=O) groups is 1. The van der Waals surface area contributed by atoms with E-state index in [0.717, 1.165) is 11.3 Å². The molecule has 1 aromatic heterocycles. The van der Waals surface area contributed by atoms with Gasteiger partial charge >= 0.3 is 12.6 Å². The average molecular weight is 515 g/mol. The molecule has 0 spiro atoms. The van der Waals surface area contributed by atoms with Crippen LogP contribution in [0.25, 0.3) is 6.08 Å². The minimum Gasteiger partial charge on any atom is -0.463 e. The van der Waals surface area contributed by atoms with Crippen molar-refractivity contribution < 1.29 is 28.0 Å². The van der Waals surface area contributed by atoms with Gasteiger partial charge in [-0.05, 0) is 55.3 Å². The molecule has 2 heterocycles. The lowest BCUT2D eigenvalue weighted by molar-refractivity contribution is -0.384. The molecule has 36 heavy (non-hydrogen) atoms. The molecule has 0 aliphatic carbocycles. The summed E-state index contributed by atoms with van der Waals surface area (Å²) in [6.45, 7) is 0.387. The van der Waals surface area contributed by atoms with Crippen LogP contribution in [0.15, 0.2) is 69.6 Å². The summed E-state index contributed by atoms with van der Waals surface area (Å²) in [5.74, 6) is -0.723. The molecule has 0 radical (unpaired) electrons. The number of ether oxygens (including phenoxy) is 2. The second-order valence-electron chi connectivity index (χ2n) is 7.60. The van der Waals surface area contributed by atoms with Crippen molar-refractivity contribution >= 4 is 29.1 Å². The summed E-state index contributed by atoms with van der Waals surface area (Å²) in [5, 5.41) is 10.9. The molecule has 1 atom stereocenters. The number of aromatic nitrogens is 1. The van der Waals surface area contributed by atoms with Crippen molar-refractivity contribution in [2.75, 3.05) is 6.61 Å². The molecule has 0 saturated heterocycles. The zero-order valence-corrected chi connectivity index (χ0v) is 19.8. The molecule has 186 valence electrons. The second kappa shape index (κ2) is 10.2. The lowest BCUT2D eigenvalue weighted by Crippen LogP contribution is -2.39. The highest BCUT2D eigenvalue weighted by atomic mass is 32.1. The molecule has 0 amide bonds. The molecule has 1 aliphatic heterocycles. The highest BCUT2D eigenvalue weighted by molar-refractivity contribution is 7.07. The number of allylic oxidation sites excluding steroid dienone is 1. The molecule has 2 aromatic carbocycles. The summed E-state index contributed by atoms with van der Waals surface area (Å²) in [6, 6.07) is 10.4. The maximum atomic E-state index is 13.5. The van der Waals surface area contributed by atoms with Crippen LogP contribution in [0.4, 0.5) is 14.5 Å². The predicted molar refractivity (Wildman–Crippen MR) is 127 cm³/mol. The number of rotatable bonds is 7. The quantitative estimate of drug-likeness (QED) is 0.271. The summed E-state index contributed by atoms with van der Waals surface area (Å²) in [4.78, 5) is 41.5. The second-order valence-corrected chi connectivity index (χ2v) is 8.61. The number of benzene rings is 2. The Morgan fingerprint density at radius 3 is 2.47 bits per heavy atom. The number of fused-ring (bicyclic) bond motifs is 1. The van der Waals surface area contributed by atoms with E-state index in [2.05, 4.69) is 9.73 Å². The Kier molecular flexibility index (Phi) is 7.06. The number of carbonyl (C=O) groups excluding carboxylic acids is 1. The van der Waals surface area contributed by atoms with Crippen molar-refractivity contribution in [3.63, 3.8) is 0 Å².